The molecule has 0 aliphatic rings. The van der Waals surface area contributed by atoms with E-state index in [-0.39, 0.29) is 0 Å². The Bertz CT molecular complexity index is 527. The van der Waals surface area contributed by atoms with Gasteiger partial charge < -0.3 is 10.1 Å². The average Bonchev–Trinajstić information content (AvgIpc) is 2.84. The van der Waals surface area contributed by atoms with Crippen LogP contribution in [0.25, 0.3) is 10.4 Å². The van der Waals surface area contributed by atoms with Crippen molar-refractivity contribution >= 4 is 28.1 Å². The maximum Gasteiger partial charge on any atom is 0.183 e. The SMILES string of the molecule is CCCNc1ncc(-c2c(Cl)cccc2OC)s1. The third kappa shape index (κ3) is 2.76. The van der Waals surface area contributed by atoms with Gasteiger partial charge in [-0.15, -0.1) is 0 Å². The predicted octanol–water partition coefficient (Wildman–Crippen LogP) is 4.29. The molecule has 0 aliphatic carbocycles. The van der Waals surface area contributed by atoms with E-state index >= 15 is 0 Å². The molecule has 0 spiro atoms. The zero-order valence-corrected chi connectivity index (χ0v) is 11.9. The summed E-state index contributed by atoms with van der Waals surface area (Å²) in [4.78, 5) is 5.35. The lowest BCUT2D eigenvalue weighted by atomic mass is 10.2. The van der Waals surface area contributed by atoms with Crippen molar-refractivity contribution in [1.29, 1.82) is 0 Å². The molecule has 0 saturated carbocycles. The topological polar surface area (TPSA) is 34.2 Å². The predicted molar refractivity (Wildman–Crippen MR) is 77.9 cm³/mol. The van der Waals surface area contributed by atoms with Crippen LogP contribution in [0.2, 0.25) is 5.02 Å². The number of ether oxygens (including phenoxy) is 1. The van der Waals surface area contributed by atoms with Crippen molar-refractivity contribution in [3.8, 4) is 16.2 Å². The molecule has 0 saturated heterocycles. The Kier molecular flexibility index (Phi) is 4.44. The summed E-state index contributed by atoms with van der Waals surface area (Å²) in [5, 5.41) is 4.86. The third-order valence-electron chi connectivity index (χ3n) is 2.47. The lowest BCUT2D eigenvalue weighted by Crippen LogP contribution is -1.97. The molecule has 0 fully saturated rings. The zero-order valence-electron chi connectivity index (χ0n) is 10.4. The van der Waals surface area contributed by atoms with Gasteiger partial charge in [0.05, 0.1) is 22.6 Å². The van der Waals surface area contributed by atoms with Crippen molar-refractivity contribution in [2.75, 3.05) is 19.0 Å². The van der Waals surface area contributed by atoms with Crippen LogP contribution in [0, 0.1) is 0 Å². The summed E-state index contributed by atoms with van der Waals surface area (Å²) in [6.45, 7) is 3.05. The van der Waals surface area contributed by atoms with Gasteiger partial charge in [-0.1, -0.05) is 35.9 Å². The van der Waals surface area contributed by atoms with Gasteiger partial charge in [-0.2, -0.15) is 0 Å². The van der Waals surface area contributed by atoms with Crippen LogP contribution in [0.4, 0.5) is 5.13 Å². The van der Waals surface area contributed by atoms with Crippen LogP contribution in [-0.4, -0.2) is 18.6 Å². The molecule has 96 valence electrons. The molecular weight excluding hydrogens is 268 g/mol. The number of halogens is 1. The van der Waals surface area contributed by atoms with Gasteiger partial charge in [0.15, 0.2) is 5.13 Å². The van der Waals surface area contributed by atoms with Crippen LogP contribution < -0.4 is 10.1 Å². The van der Waals surface area contributed by atoms with Gasteiger partial charge in [-0.25, -0.2) is 4.98 Å². The van der Waals surface area contributed by atoms with Crippen molar-refractivity contribution in [3.05, 3.63) is 29.4 Å². The number of hydrogen-bond acceptors (Lipinski definition) is 4. The fourth-order valence-electron chi connectivity index (χ4n) is 1.62. The van der Waals surface area contributed by atoms with Gasteiger partial charge >= 0.3 is 0 Å². The second-order valence-electron chi connectivity index (χ2n) is 3.77. The number of nitrogens with one attached hydrogen (secondary N) is 1. The molecular formula is C13H15ClN2OS. The minimum absolute atomic E-state index is 0.681. The lowest BCUT2D eigenvalue weighted by Gasteiger charge is -2.07. The Morgan fingerprint density at radius 2 is 2.28 bits per heavy atom. The van der Waals surface area contributed by atoms with E-state index in [2.05, 4.69) is 17.2 Å². The molecule has 0 amide bonds. The first-order chi connectivity index (χ1) is 8.76. The van der Waals surface area contributed by atoms with Gasteiger partial charge in [0, 0.05) is 12.7 Å². The first-order valence-electron chi connectivity index (χ1n) is 5.78. The lowest BCUT2D eigenvalue weighted by molar-refractivity contribution is 0.416. The molecule has 1 aromatic carbocycles. The summed E-state index contributed by atoms with van der Waals surface area (Å²) in [5.74, 6) is 0.771. The molecule has 0 radical (unpaired) electrons. The summed E-state index contributed by atoms with van der Waals surface area (Å²) in [6.07, 6.45) is 2.90. The van der Waals surface area contributed by atoms with E-state index in [4.69, 9.17) is 16.3 Å². The van der Waals surface area contributed by atoms with E-state index in [0.29, 0.717) is 5.02 Å². The van der Waals surface area contributed by atoms with Crippen molar-refractivity contribution in [3.63, 3.8) is 0 Å². The van der Waals surface area contributed by atoms with Crippen LogP contribution in [0.15, 0.2) is 24.4 Å². The van der Waals surface area contributed by atoms with E-state index in [1.165, 1.54) is 0 Å². The van der Waals surface area contributed by atoms with Gasteiger partial charge in [0.2, 0.25) is 0 Å². The molecule has 0 unspecified atom stereocenters. The van der Waals surface area contributed by atoms with Crippen LogP contribution >= 0.6 is 22.9 Å². The van der Waals surface area contributed by atoms with Crippen LogP contribution in [0.3, 0.4) is 0 Å². The fraction of sp³-hybridized carbons (Fsp3) is 0.308. The minimum Gasteiger partial charge on any atom is -0.496 e. The van der Waals surface area contributed by atoms with Crippen molar-refractivity contribution < 1.29 is 4.74 Å². The van der Waals surface area contributed by atoms with E-state index in [0.717, 1.165) is 34.3 Å². The highest BCUT2D eigenvalue weighted by atomic mass is 35.5. The van der Waals surface area contributed by atoms with E-state index in [1.54, 1.807) is 18.4 Å². The van der Waals surface area contributed by atoms with E-state index in [9.17, 15) is 0 Å². The summed E-state index contributed by atoms with van der Waals surface area (Å²) < 4.78 is 5.35. The highest BCUT2D eigenvalue weighted by Gasteiger charge is 2.13. The van der Waals surface area contributed by atoms with Crippen LogP contribution in [0.5, 0.6) is 5.75 Å². The number of benzene rings is 1. The Morgan fingerprint density at radius 1 is 1.44 bits per heavy atom. The molecule has 1 N–H and O–H groups in total. The first-order valence-corrected chi connectivity index (χ1v) is 6.98. The number of hydrogen-bond donors (Lipinski definition) is 1. The Morgan fingerprint density at radius 3 is 3.00 bits per heavy atom. The average molecular weight is 283 g/mol. The number of nitrogens with zero attached hydrogens (tertiary/aromatic N) is 1. The number of aromatic nitrogens is 1. The van der Waals surface area contributed by atoms with Crippen molar-refractivity contribution in [2.45, 2.75) is 13.3 Å². The highest BCUT2D eigenvalue weighted by molar-refractivity contribution is 7.19. The monoisotopic (exact) mass is 282 g/mol. The standard InChI is InChI=1S/C13H15ClN2OS/c1-3-7-15-13-16-8-11(18-13)12-9(14)5-4-6-10(12)17-2/h4-6,8H,3,7H2,1-2H3,(H,15,16). The summed E-state index contributed by atoms with van der Waals surface area (Å²) in [6, 6.07) is 5.64. The molecule has 5 heteroatoms. The van der Waals surface area contributed by atoms with E-state index < -0.39 is 0 Å². The fourth-order valence-corrected chi connectivity index (χ4v) is 2.85. The molecule has 2 aromatic rings. The van der Waals surface area contributed by atoms with E-state index in [1.807, 2.05) is 24.4 Å². The maximum absolute atomic E-state index is 6.23. The van der Waals surface area contributed by atoms with Crippen LogP contribution in [0.1, 0.15) is 13.3 Å². The Balaban J connectivity index is 2.33. The highest BCUT2D eigenvalue weighted by Crippen LogP contribution is 2.40. The molecule has 1 heterocycles. The Labute approximate surface area is 116 Å². The van der Waals surface area contributed by atoms with Gasteiger partial charge in [-0.3, -0.25) is 0 Å². The maximum atomic E-state index is 6.23. The number of rotatable bonds is 5. The Hall–Kier alpha value is -1.26. The number of anilines is 1. The molecule has 0 aliphatic heterocycles. The molecule has 2 rings (SSSR count). The summed E-state index contributed by atoms with van der Waals surface area (Å²) in [5.41, 5.74) is 0.906. The van der Waals surface area contributed by atoms with Gasteiger partial charge in [0.1, 0.15) is 5.75 Å². The molecule has 0 bridgehead atoms. The zero-order chi connectivity index (χ0) is 13.0. The van der Waals surface area contributed by atoms with Crippen LogP contribution in [-0.2, 0) is 0 Å². The quantitative estimate of drug-likeness (QED) is 0.888. The van der Waals surface area contributed by atoms with Crippen molar-refractivity contribution in [1.82, 2.24) is 4.98 Å². The molecule has 18 heavy (non-hydrogen) atoms. The summed E-state index contributed by atoms with van der Waals surface area (Å²) in [7, 11) is 1.65. The minimum atomic E-state index is 0.681. The van der Waals surface area contributed by atoms with Gasteiger partial charge in [-0.05, 0) is 18.6 Å². The van der Waals surface area contributed by atoms with Gasteiger partial charge in [0.25, 0.3) is 0 Å². The molecule has 1 aromatic heterocycles. The second kappa shape index (κ2) is 6.07. The molecule has 3 nitrogen and oxygen atoms in total. The van der Waals surface area contributed by atoms with Crippen molar-refractivity contribution in [2.24, 2.45) is 0 Å². The third-order valence-corrected chi connectivity index (χ3v) is 3.76. The molecule has 0 atom stereocenters. The second-order valence-corrected chi connectivity index (χ2v) is 5.21. The number of methoxy groups -OCH3 is 1. The smallest absolute Gasteiger partial charge is 0.183 e. The number of thiazole rings is 1. The normalized spacial score (nSPS) is 10.4. The largest absolute Gasteiger partial charge is 0.496 e. The first kappa shape index (κ1) is 13.2. The summed E-state index contributed by atoms with van der Waals surface area (Å²) >= 11 is 7.82.